The summed E-state index contributed by atoms with van der Waals surface area (Å²) in [5, 5.41) is 4.07. The van der Waals surface area contributed by atoms with Gasteiger partial charge in [-0.3, -0.25) is 4.79 Å². The molecule has 5 nitrogen and oxygen atoms in total. The SMILES string of the molecule is Cc1sc2nc(COCCC3CCNC3)[nH]c(=O)c2c1C. The molecule has 0 saturated carbocycles. The Kier molecular flexibility index (Phi) is 4.37. The molecule has 0 aromatic carbocycles. The lowest BCUT2D eigenvalue weighted by molar-refractivity contribution is 0.104. The first kappa shape index (κ1) is 14.7. The molecule has 1 atom stereocenters. The zero-order valence-corrected chi connectivity index (χ0v) is 13.3. The zero-order chi connectivity index (χ0) is 14.8. The van der Waals surface area contributed by atoms with Gasteiger partial charge in [-0.2, -0.15) is 0 Å². The van der Waals surface area contributed by atoms with Crippen LogP contribution in [0.2, 0.25) is 0 Å². The fraction of sp³-hybridized carbons (Fsp3) is 0.600. The van der Waals surface area contributed by atoms with E-state index in [1.165, 1.54) is 6.42 Å². The molecule has 0 bridgehead atoms. The number of hydrogen-bond acceptors (Lipinski definition) is 5. The van der Waals surface area contributed by atoms with Crippen LogP contribution < -0.4 is 10.9 Å². The second-order valence-electron chi connectivity index (χ2n) is 5.68. The van der Waals surface area contributed by atoms with Crippen LogP contribution in [0, 0.1) is 19.8 Å². The molecule has 0 spiro atoms. The number of aromatic amines is 1. The Balaban J connectivity index is 1.63. The first-order valence-corrected chi connectivity index (χ1v) is 8.24. The second-order valence-corrected chi connectivity index (χ2v) is 6.88. The predicted octanol–water partition coefficient (Wildman–Crippen LogP) is 2.12. The molecule has 2 aromatic rings. The van der Waals surface area contributed by atoms with Gasteiger partial charge in [0.15, 0.2) is 0 Å². The summed E-state index contributed by atoms with van der Waals surface area (Å²) >= 11 is 1.57. The molecule has 1 unspecified atom stereocenters. The normalized spacial score (nSPS) is 18.7. The van der Waals surface area contributed by atoms with Crippen molar-refractivity contribution >= 4 is 21.6 Å². The Bertz CT molecular complexity index is 686. The van der Waals surface area contributed by atoms with Gasteiger partial charge in [-0.25, -0.2) is 4.98 Å². The van der Waals surface area contributed by atoms with Gasteiger partial charge < -0.3 is 15.0 Å². The van der Waals surface area contributed by atoms with E-state index in [2.05, 4.69) is 15.3 Å². The minimum absolute atomic E-state index is 0.0551. The Labute approximate surface area is 127 Å². The number of rotatable bonds is 5. The van der Waals surface area contributed by atoms with E-state index in [0.29, 0.717) is 12.4 Å². The molecule has 1 aliphatic heterocycles. The zero-order valence-electron chi connectivity index (χ0n) is 12.5. The maximum Gasteiger partial charge on any atom is 0.259 e. The Morgan fingerprint density at radius 3 is 3.05 bits per heavy atom. The van der Waals surface area contributed by atoms with Crippen molar-refractivity contribution in [3.05, 3.63) is 26.6 Å². The largest absolute Gasteiger partial charge is 0.374 e. The average Bonchev–Trinajstić information content (AvgIpc) is 3.04. The standard InChI is InChI=1S/C15H21N3O2S/c1-9-10(2)21-15-13(9)14(19)17-12(18-15)8-20-6-4-11-3-5-16-7-11/h11,16H,3-8H2,1-2H3,(H,17,18,19). The molecular weight excluding hydrogens is 286 g/mol. The van der Waals surface area contributed by atoms with Crippen molar-refractivity contribution in [2.75, 3.05) is 19.7 Å². The lowest BCUT2D eigenvalue weighted by Gasteiger charge is -2.08. The van der Waals surface area contributed by atoms with Gasteiger partial charge in [-0.05, 0) is 51.3 Å². The number of fused-ring (bicyclic) bond motifs is 1. The third-order valence-electron chi connectivity index (χ3n) is 4.16. The van der Waals surface area contributed by atoms with Gasteiger partial charge in [-0.1, -0.05) is 0 Å². The van der Waals surface area contributed by atoms with Gasteiger partial charge in [-0.15, -0.1) is 11.3 Å². The molecule has 6 heteroatoms. The number of thiophene rings is 1. The quantitative estimate of drug-likeness (QED) is 0.830. The van der Waals surface area contributed by atoms with Gasteiger partial charge in [0.2, 0.25) is 0 Å². The van der Waals surface area contributed by atoms with Crippen LogP contribution in [0.3, 0.4) is 0 Å². The third-order valence-corrected chi connectivity index (χ3v) is 5.26. The summed E-state index contributed by atoms with van der Waals surface area (Å²) in [5.74, 6) is 1.35. The van der Waals surface area contributed by atoms with E-state index < -0.39 is 0 Å². The van der Waals surface area contributed by atoms with E-state index >= 15 is 0 Å². The Morgan fingerprint density at radius 1 is 1.43 bits per heavy atom. The maximum absolute atomic E-state index is 12.1. The minimum Gasteiger partial charge on any atom is -0.374 e. The Morgan fingerprint density at radius 2 is 2.29 bits per heavy atom. The monoisotopic (exact) mass is 307 g/mol. The fourth-order valence-electron chi connectivity index (χ4n) is 2.75. The Hall–Kier alpha value is -1.24. The van der Waals surface area contributed by atoms with Crippen LogP contribution in [-0.2, 0) is 11.3 Å². The molecule has 1 saturated heterocycles. The number of aromatic nitrogens is 2. The van der Waals surface area contributed by atoms with Crippen molar-refractivity contribution in [3.8, 4) is 0 Å². The second kappa shape index (κ2) is 6.25. The lowest BCUT2D eigenvalue weighted by Crippen LogP contribution is -2.14. The van der Waals surface area contributed by atoms with Crippen molar-refractivity contribution in [1.82, 2.24) is 15.3 Å². The summed E-state index contributed by atoms with van der Waals surface area (Å²) in [5.41, 5.74) is 0.977. The van der Waals surface area contributed by atoms with E-state index in [4.69, 9.17) is 4.74 Å². The van der Waals surface area contributed by atoms with E-state index in [0.717, 1.165) is 52.7 Å². The van der Waals surface area contributed by atoms with Crippen molar-refractivity contribution in [3.63, 3.8) is 0 Å². The number of nitrogens with zero attached hydrogens (tertiary/aromatic N) is 1. The smallest absolute Gasteiger partial charge is 0.259 e. The van der Waals surface area contributed by atoms with E-state index in [-0.39, 0.29) is 5.56 Å². The number of aryl methyl sites for hydroxylation is 2. The van der Waals surface area contributed by atoms with E-state index in [9.17, 15) is 4.79 Å². The predicted molar refractivity (Wildman–Crippen MR) is 85.0 cm³/mol. The third kappa shape index (κ3) is 3.17. The summed E-state index contributed by atoms with van der Waals surface area (Å²) in [6, 6.07) is 0. The van der Waals surface area contributed by atoms with Crippen molar-refractivity contribution in [1.29, 1.82) is 0 Å². The molecule has 3 heterocycles. The highest BCUT2D eigenvalue weighted by molar-refractivity contribution is 7.18. The summed E-state index contributed by atoms with van der Waals surface area (Å²) in [6.45, 7) is 7.30. The molecular formula is C15H21N3O2S. The van der Waals surface area contributed by atoms with Crippen LogP contribution in [0.15, 0.2) is 4.79 Å². The van der Waals surface area contributed by atoms with Crippen LogP contribution >= 0.6 is 11.3 Å². The topological polar surface area (TPSA) is 67.0 Å². The summed E-state index contributed by atoms with van der Waals surface area (Å²) < 4.78 is 5.67. The highest BCUT2D eigenvalue weighted by Crippen LogP contribution is 2.25. The van der Waals surface area contributed by atoms with Gasteiger partial charge in [0, 0.05) is 11.5 Å². The van der Waals surface area contributed by atoms with Crippen molar-refractivity contribution in [2.45, 2.75) is 33.3 Å². The molecule has 1 aliphatic rings. The molecule has 114 valence electrons. The van der Waals surface area contributed by atoms with Gasteiger partial charge in [0.1, 0.15) is 17.3 Å². The van der Waals surface area contributed by atoms with Crippen LogP contribution in [0.1, 0.15) is 29.1 Å². The molecule has 0 amide bonds. The molecule has 0 aliphatic carbocycles. The van der Waals surface area contributed by atoms with Crippen molar-refractivity contribution in [2.24, 2.45) is 5.92 Å². The first-order chi connectivity index (χ1) is 10.1. The van der Waals surface area contributed by atoms with Gasteiger partial charge in [0.25, 0.3) is 5.56 Å². The van der Waals surface area contributed by atoms with Crippen LogP contribution in [-0.4, -0.2) is 29.7 Å². The molecule has 0 radical (unpaired) electrons. The van der Waals surface area contributed by atoms with Crippen LogP contribution in [0.5, 0.6) is 0 Å². The lowest BCUT2D eigenvalue weighted by atomic mass is 10.1. The van der Waals surface area contributed by atoms with E-state index in [1.54, 1.807) is 11.3 Å². The molecule has 2 aromatic heterocycles. The minimum atomic E-state index is -0.0551. The highest BCUT2D eigenvalue weighted by atomic mass is 32.1. The van der Waals surface area contributed by atoms with Crippen LogP contribution in [0.25, 0.3) is 10.2 Å². The fourth-order valence-corrected chi connectivity index (χ4v) is 3.80. The maximum atomic E-state index is 12.1. The number of H-pyrrole nitrogens is 1. The number of hydrogen-bond donors (Lipinski definition) is 2. The van der Waals surface area contributed by atoms with Crippen LogP contribution in [0.4, 0.5) is 0 Å². The number of ether oxygens (including phenoxy) is 1. The number of nitrogens with one attached hydrogen (secondary N) is 2. The highest BCUT2D eigenvalue weighted by Gasteiger charge is 2.14. The molecule has 21 heavy (non-hydrogen) atoms. The first-order valence-electron chi connectivity index (χ1n) is 7.42. The van der Waals surface area contributed by atoms with E-state index in [1.807, 2.05) is 13.8 Å². The van der Waals surface area contributed by atoms with Gasteiger partial charge >= 0.3 is 0 Å². The molecule has 1 fully saturated rings. The van der Waals surface area contributed by atoms with Crippen molar-refractivity contribution < 1.29 is 4.74 Å². The molecule has 2 N–H and O–H groups in total. The average molecular weight is 307 g/mol. The summed E-state index contributed by atoms with van der Waals surface area (Å²) in [6.07, 6.45) is 2.30. The summed E-state index contributed by atoms with van der Waals surface area (Å²) in [4.78, 5) is 21.4. The van der Waals surface area contributed by atoms with Gasteiger partial charge in [0.05, 0.1) is 5.39 Å². The summed E-state index contributed by atoms with van der Waals surface area (Å²) in [7, 11) is 0. The molecule has 3 rings (SSSR count).